The Labute approximate surface area is 112 Å². The topological polar surface area (TPSA) is 81.1 Å². The number of rotatable bonds is 4. The number of amides is 1. The van der Waals surface area contributed by atoms with Crippen LogP contribution in [0.15, 0.2) is 48.5 Å². The molecule has 2 aromatic carbocycles. The second kappa shape index (κ2) is 5.44. The summed E-state index contributed by atoms with van der Waals surface area (Å²) in [5.74, 6) is -0.520. The fourth-order valence-corrected chi connectivity index (χ4v) is 1.96. The number of carbonyl (C=O) groups is 1. The quantitative estimate of drug-likeness (QED) is 0.734. The summed E-state index contributed by atoms with van der Waals surface area (Å²) in [4.78, 5) is 11.2. The number of primary amides is 1. The molecule has 0 saturated carbocycles. The van der Waals surface area contributed by atoms with Crippen LogP contribution in [0.5, 0.6) is 0 Å². The molecule has 0 saturated heterocycles. The summed E-state index contributed by atoms with van der Waals surface area (Å²) < 4.78 is 0. The number of nitrogens with two attached hydrogens (primary N) is 2. The molecule has 5 N–H and O–H groups in total. The minimum atomic E-state index is -0.520. The molecule has 4 nitrogen and oxygen atoms in total. The van der Waals surface area contributed by atoms with Crippen molar-refractivity contribution in [3.63, 3.8) is 0 Å². The van der Waals surface area contributed by atoms with Crippen molar-refractivity contribution in [2.24, 2.45) is 5.73 Å². The number of hydrogen-bond donors (Lipinski definition) is 3. The molecule has 0 aromatic heterocycles. The highest BCUT2D eigenvalue weighted by Gasteiger charge is 2.11. The number of carbonyl (C=O) groups excluding carboxylic acids is 1. The predicted molar refractivity (Wildman–Crippen MR) is 77.9 cm³/mol. The molecule has 0 fully saturated rings. The second-order valence-corrected chi connectivity index (χ2v) is 4.41. The Balaban J connectivity index is 2.25. The maximum atomic E-state index is 11.2. The van der Waals surface area contributed by atoms with E-state index >= 15 is 0 Å². The first-order chi connectivity index (χ1) is 9.09. The lowest BCUT2D eigenvalue weighted by Crippen LogP contribution is -2.15. The lowest BCUT2D eigenvalue weighted by atomic mass is 10.1. The average Bonchev–Trinajstić information content (AvgIpc) is 2.41. The van der Waals surface area contributed by atoms with Gasteiger partial charge in [0, 0.05) is 6.04 Å². The zero-order valence-corrected chi connectivity index (χ0v) is 10.8. The Morgan fingerprint density at radius 3 is 2.42 bits per heavy atom. The maximum absolute atomic E-state index is 11.2. The Kier molecular flexibility index (Phi) is 3.71. The number of anilines is 2. The van der Waals surface area contributed by atoms with Crippen LogP contribution in [0.25, 0.3) is 0 Å². The van der Waals surface area contributed by atoms with E-state index in [9.17, 15) is 4.79 Å². The lowest BCUT2D eigenvalue weighted by Gasteiger charge is -2.18. The number of nitrogens with one attached hydrogen (secondary N) is 1. The van der Waals surface area contributed by atoms with Crippen molar-refractivity contribution in [1.82, 2.24) is 0 Å². The summed E-state index contributed by atoms with van der Waals surface area (Å²) in [5, 5.41) is 3.29. The van der Waals surface area contributed by atoms with E-state index in [1.165, 1.54) is 0 Å². The van der Waals surface area contributed by atoms with Crippen LogP contribution in [0.3, 0.4) is 0 Å². The zero-order chi connectivity index (χ0) is 13.8. The fraction of sp³-hybridized carbons (Fsp3) is 0.133. The first-order valence-electron chi connectivity index (χ1n) is 6.09. The van der Waals surface area contributed by atoms with Crippen molar-refractivity contribution in [3.05, 3.63) is 59.7 Å². The van der Waals surface area contributed by atoms with E-state index in [4.69, 9.17) is 11.5 Å². The van der Waals surface area contributed by atoms with E-state index in [0.717, 1.165) is 5.56 Å². The molecule has 2 aromatic rings. The van der Waals surface area contributed by atoms with Crippen molar-refractivity contribution in [1.29, 1.82) is 0 Å². The molecular formula is C15H17N3O. The Hall–Kier alpha value is -2.49. The normalized spacial score (nSPS) is 11.8. The van der Waals surface area contributed by atoms with E-state index < -0.39 is 5.91 Å². The van der Waals surface area contributed by atoms with E-state index in [0.29, 0.717) is 16.9 Å². The zero-order valence-electron chi connectivity index (χ0n) is 10.8. The van der Waals surface area contributed by atoms with Crippen LogP contribution in [0.4, 0.5) is 11.4 Å². The van der Waals surface area contributed by atoms with Gasteiger partial charge in [0.05, 0.1) is 16.9 Å². The van der Waals surface area contributed by atoms with E-state index in [1.54, 1.807) is 12.1 Å². The van der Waals surface area contributed by atoms with Crippen LogP contribution in [0, 0.1) is 0 Å². The monoisotopic (exact) mass is 255 g/mol. The van der Waals surface area contributed by atoms with Gasteiger partial charge in [0.25, 0.3) is 5.91 Å². The summed E-state index contributed by atoms with van der Waals surface area (Å²) in [7, 11) is 0. The number of benzene rings is 2. The van der Waals surface area contributed by atoms with Gasteiger partial charge in [-0.15, -0.1) is 0 Å². The summed E-state index contributed by atoms with van der Waals surface area (Å²) in [5.41, 5.74) is 13.8. The highest BCUT2D eigenvalue weighted by atomic mass is 16.1. The Morgan fingerprint density at radius 1 is 1.11 bits per heavy atom. The third kappa shape index (κ3) is 2.85. The summed E-state index contributed by atoms with van der Waals surface area (Å²) in [6.07, 6.45) is 0. The van der Waals surface area contributed by atoms with Crippen molar-refractivity contribution >= 4 is 17.3 Å². The molecule has 0 aliphatic rings. The Bertz CT molecular complexity index is 581. The molecule has 1 amide bonds. The maximum Gasteiger partial charge on any atom is 0.250 e. The van der Waals surface area contributed by atoms with Crippen LogP contribution in [0.1, 0.15) is 28.9 Å². The molecule has 98 valence electrons. The molecule has 19 heavy (non-hydrogen) atoms. The summed E-state index contributed by atoms with van der Waals surface area (Å²) in [6.45, 7) is 2.03. The number of para-hydroxylation sites is 1. The Morgan fingerprint density at radius 2 is 1.79 bits per heavy atom. The molecule has 0 spiro atoms. The molecule has 4 heteroatoms. The number of nitrogen functional groups attached to an aromatic ring is 1. The van der Waals surface area contributed by atoms with E-state index in [1.807, 2.05) is 43.3 Å². The van der Waals surface area contributed by atoms with Crippen LogP contribution >= 0.6 is 0 Å². The van der Waals surface area contributed by atoms with Gasteiger partial charge in [-0.1, -0.05) is 36.4 Å². The largest absolute Gasteiger partial charge is 0.396 e. The van der Waals surface area contributed by atoms with Gasteiger partial charge >= 0.3 is 0 Å². The van der Waals surface area contributed by atoms with Gasteiger partial charge in [0.15, 0.2) is 0 Å². The molecule has 0 aliphatic heterocycles. The molecule has 0 radical (unpaired) electrons. The van der Waals surface area contributed by atoms with Crippen LogP contribution in [-0.4, -0.2) is 5.91 Å². The highest BCUT2D eigenvalue weighted by Crippen LogP contribution is 2.26. The third-order valence-corrected chi connectivity index (χ3v) is 3.04. The first kappa shape index (κ1) is 13.0. The van der Waals surface area contributed by atoms with Crippen molar-refractivity contribution in [3.8, 4) is 0 Å². The second-order valence-electron chi connectivity index (χ2n) is 4.41. The molecule has 0 bridgehead atoms. The minimum absolute atomic E-state index is 0.0895. The molecule has 1 unspecified atom stereocenters. The van der Waals surface area contributed by atoms with E-state index in [2.05, 4.69) is 5.32 Å². The third-order valence-electron chi connectivity index (χ3n) is 3.04. The van der Waals surface area contributed by atoms with Crippen LogP contribution in [0.2, 0.25) is 0 Å². The summed E-state index contributed by atoms with van der Waals surface area (Å²) >= 11 is 0. The standard InChI is InChI=1S/C15H17N3O/c1-10(11-6-3-2-4-7-11)18-13-9-5-8-12(14(13)16)15(17)19/h2-10,18H,16H2,1H3,(H2,17,19). The van der Waals surface area contributed by atoms with Gasteiger partial charge in [0.2, 0.25) is 0 Å². The van der Waals surface area contributed by atoms with Crippen LogP contribution < -0.4 is 16.8 Å². The van der Waals surface area contributed by atoms with E-state index in [-0.39, 0.29) is 6.04 Å². The molecule has 1 atom stereocenters. The van der Waals surface area contributed by atoms with Gasteiger partial charge < -0.3 is 16.8 Å². The van der Waals surface area contributed by atoms with Gasteiger partial charge in [-0.05, 0) is 24.6 Å². The van der Waals surface area contributed by atoms with Gasteiger partial charge in [0.1, 0.15) is 0 Å². The first-order valence-corrected chi connectivity index (χ1v) is 6.09. The lowest BCUT2D eigenvalue weighted by molar-refractivity contribution is 0.100. The molecule has 0 heterocycles. The molecular weight excluding hydrogens is 238 g/mol. The highest BCUT2D eigenvalue weighted by molar-refractivity contribution is 6.00. The minimum Gasteiger partial charge on any atom is -0.396 e. The van der Waals surface area contributed by atoms with Crippen molar-refractivity contribution < 1.29 is 4.79 Å². The van der Waals surface area contributed by atoms with Crippen LogP contribution in [-0.2, 0) is 0 Å². The van der Waals surface area contributed by atoms with Crippen molar-refractivity contribution in [2.75, 3.05) is 11.1 Å². The van der Waals surface area contributed by atoms with Gasteiger partial charge in [-0.2, -0.15) is 0 Å². The molecule has 2 rings (SSSR count). The van der Waals surface area contributed by atoms with Crippen molar-refractivity contribution in [2.45, 2.75) is 13.0 Å². The number of hydrogen-bond acceptors (Lipinski definition) is 3. The predicted octanol–water partition coefficient (Wildman–Crippen LogP) is 2.54. The smallest absolute Gasteiger partial charge is 0.250 e. The molecule has 0 aliphatic carbocycles. The SMILES string of the molecule is CC(Nc1cccc(C(N)=O)c1N)c1ccccc1. The average molecular weight is 255 g/mol. The fourth-order valence-electron chi connectivity index (χ4n) is 1.96. The summed E-state index contributed by atoms with van der Waals surface area (Å²) in [6, 6.07) is 15.3. The van der Waals surface area contributed by atoms with Gasteiger partial charge in [-0.3, -0.25) is 4.79 Å². The van der Waals surface area contributed by atoms with Gasteiger partial charge in [-0.25, -0.2) is 0 Å².